The van der Waals surface area contributed by atoms with E-state index in [2.05, 4.69) is 15.6 Å². The van der Waals surface area contributed by atoms with Crippen LogP contribution < -0.4 is 10.6 Å². The molecule has 0 atom stereocenters. The smallest absolute Gasteiger partial charge is 0.323 e. The number of amides is 2. The Kier molecular flexibility index (Phi) is 4.47. The lowest BCUT2D eigenvalue weighted by Gasteiger charge is -2.12. The molecule has 0 aliphatic heterocycles. The summed E-state index contributed by atoms with van der Waals surface area (Å²) in [6.07, 6.45) is 1.83. The van der Waals surface area contributed by atoms with Crippen molar-refractivity contribution in [1.82, 2.24) is 9.29 Å². The van der Waals surface area contributed by atoms with Gasteiger partial charge in [0.1, 0.15) is 0 Å². The molecule has 0 spiro atoms. The van der Waals surface area contributed by atoms with E-state index < -0.39 is 16.1 Å². The Labute approximate surface area is 145 Å². The number of H-pyrrole nitrogens is 1. The number of nitrogens with zero attached hydrogens (tertiary/aromatic N) is 1. The number of benzene rings is 2. The van der Waals surface area contributed by atoms with Gasteiger partial charge in [-0.2, -0.15) is 0 Å². The van der Waals surface area contributed by atoms with Crippen LogP contribution in [0.3, 0.4) is 0 Å². The van der Waals surface area contributed by atoms with Gasteiger partial charge in [-0.1, -0.05) is 6.07 Å². The average molecular weight is 358 g/mol. The van der Waals surface area contributed by atoms with Crippen LogP contribution in [-0.4, -0.2) is 37.8 Å². The van der Waals surface area contributed by atoms with Gasteiger partial charge in [0.2, 0.25) is 10.0 Å². The Balaban J connectivity index is 1.68. The van der Waals surface area contributed by atoms with Crippen molar-refractivity contribution in [2.24, 2.45) is 0 Å². The van der Waals surface area contributed by atoms with Crippen molar-refractivity contribution in [2.45, 2.75) is 4.90 Å². The molecule has 1 aromatic heterocycles. The first kappa shape index (κ1) is 17.0. The lowest BCUT2D eigenvalue weighted by Crippen LogP contribution is -2.22. The Morgan fingerprint density at radius 3 is 2.28 bits per heavy atom. The van der Waals surface area contributed by atoms with Gasteiger partial charge >= 0.3 is 6.03 Å². The van der Waals surface area contributed by atoms with Crippen LogP contribution in [0.25, 0.3) is 10.9 Å². The summed E-state index contributed by atoms with van der Waals surface area (Å²) in [7, 11) is -0.548. The maximum absolute atomic E-state index is 12.1. The average Bonchev–Trinajstić information content (AvgIpc) is 3.02. The molecule has 0 bridgehead atoms. The first-order valence-corrected chi connectivity index (χ1v) is 8.98. The predicted octanol–water partition coefficient (Wildman–Crippen LogP) is 3.06. The minimum atomic E-state index is -3.48. The Morgan fingerprint density at radius 2 is 1.60 bits per heavy atom. The number of hydrogen-bond acceptors (Lipinski definition) is 3. The van der Waals surface area contributed by atoms with E-state index in [1.54, 1.807) is 12.1 Å². The number of anilines is 2. The van der Waals surface area contributed by atoms with Gasteiger partial charge in [-0.25, -0.2) is 17.5 Å². The first-order chi connectivity index (χ1) is 11.9. The highest BCUT2D eigenvalue weighted by molar-refractivity contribution is 7.89. The van der Waals surface area contributed by atoms with Crippen LogP contribution in [0.4, 0.5) is 16.2 Å². The fourth-order valence-corrected chi connectivity index (χ4v) is 3.24. The summed E-state index contributed by atoms with van der Waals surface area (Å²) in [4.78, 5) is 15.3. The molecule has 8 heteroatoms. The molecule has 0 fully saturated rings. The van der Waals surface area contributed by atoms with Gasteiger partial charge in [-0.05, 0) is 47.9 Å². The molecule has 7 nitrogen and oxygen atoms in total. The second kappa shape index (κ2) is 6.58. The highest BCUT2D eigenvalue weighted by Gasteiger charge is 2.16. The van der Waals surface area contributed by atoms with Crippen LogP contribution in [0.2, 0.25) is 0 Å². The van der Waals surface area contributed by atoms with Crippen molar-refractivity contribution in [3.63, 3.8) is 0 Å². The molecule has 3 aromatic rings. The van der Waals surface area contributed by atoms with Crippen LogP contribution in [0.1, 0.15) is 0 Å². The van der Waals surface area contributed by atoms with Gasteiger partial charge in [0, 0.05) is 37.2 Å². The number of aromatic amines is 1. The molecule has 0 saturated heterocycles. The van der Waals surface area contributed by atoms with Gasteiger partial charge in [0.25, 0.3) is 0 Å². The van der Waals surface area contributed by atoms with E-state index in [1.165, 1.54) is 26.2 Å². The van der Waals surface area contributed by atoms with Crippen molar-refractivity contribution >= 4 is 38.3 Å². The molecule has 0 unspecified atom stereocenters. The van der Waals surface area contributed by atoms with Crippen molar-refractivity contribution < 1.29 is 13.2 Å². The third kappa shape index (κ3) is 3.65. The maximum atomic E-state index is 12.1. The molecular weight excluding hydrogens is 340 g/mol. The lowest BCUT2D eigenvalue weighted by atomic mass is 10.2. The number of nitrogens with one attached hydrogen (secondary N) is 3. The Morgan fingerprint density at radius 1 is 0.960 bits per heavy atom. The molecule has 130 valence electrons. The third-order valence-electron chi connectivity index (χ3n) is 3.70. The summed E-state index contributed by atoms with van der Waals surface area (Å²) in [6.45, 7) is 0. The normalized spacial score (nSPS) is 11.6. The van der Waals surface area contributed by atoms with E-state index in [4.69, 9.17) is 0 Å². The SMILES string of the molecule is CN(C)S(=O)(=O)c1ccc(NC(=O)Nc2ccc3cc[nH]c3c2)cc1. The zero-order chi connectivity index (χ0) is 18.0. The van der Waals surface area contributed by atoms with E-state index in [9.17, 15) is 13.2 Å². The van der Waals surface area contributed by atoms with E-state index in [0.29, 0.717) is 11.4 Å². The van der Waals surface area contributed by atoms with Crippen molar-refractivity contribution in [1.29, 1.82) is 0 Å². The third-order valence-corrected chi connectivity index (χ3v) is 5.53. The fourth-order valence-electron chi connectivity index (χ4n) is 2.34. The quantitative estimate of drug-likeness (QED) is 0.669. The van der Waals surface area contributed by atoms with Crippen LogP contribution >= 0.6 is 0 Å². The number of carbonyl (C=O) groups is 1. The van der Waals surface area contributed by atoms with E-state index in [1.807, 2.05) is 30.5 Å². The molecule has 25 heavy (non-hydrogen) atoms. The predicted molar refractivity (Wildman–Crippen MR) is 98.3 cm³/mol. The van der Waals surface area contributed by atoms with Crippen LogP contribution in [-0.2, 0) is 10.0 Å². The summed E-state index contributed by atoms with van der Waals surface area (Å²) < 4.78 is 25.2. The highest BCUT2D eigenvalue weighted by atomic mass is 32.2. The maximum Gasteiger partial charge on any atom is 0.323 e. The van der Waals surface area contributed by atoms with Crippen molar-refractivity contribution in [3.05, 3.63) is 54.7 Å². The van der Waals surface area contributed by atoms with Gasteiger partial charge in [0.15, 0.2) is 0 Å². The van der Waals surface area contributed by atoms with Crippen molar-refractivity contribution in [2.75, 3.05) is 24.7 Å². The van der Waals surface area contributed by atoms with Crippen LogP contribution in [0.15, 0.2) is 59.6 Å². The molecule has 0 aliphatic rings. The molecule has 0 radical (unpaired) electrons. The number of hydrogen-bond donors (Lipinski definition) is 3. The molecule has 0 saturated carbocycles. The summed E-state index contributed by atoms with van der Waals surface area (Å²) in [6, 6.07) is 13.1. The van der Waals surface area contributed by atoms with Gasteiger partial charge < -0.3 is 15.6 Å². The minimum Gasteiger partial charge on any atom is -0.361 e. The lowest BCUT2D eigenvalue weighted by molar-refractivity contribution is 0.262. The van der Waals surface area contributed by atoms with Gasteiger partial charge in [-0.15, -0.1) is 0 Å². The van der Waals surface area contributed by atoms with Gasteiger partial charge in [-0.3, -0.25) is 0 Å². The standard InChI is InChI=1S/C17H18N4O3S/c1-21(2)25(23,24)15-7-5-13(6-8-15)19-17(22)20-14-4-3-12-9-10-18-16(12)11-14/h3-11,18H,1-2H3,(H2,19,20,22). The molecule has 2 amide bonds. The van der Waals surface area contributed by atoms with E-state index in [-0.39, 0.29) is 4.90 Å². The molecule has 1 heterocycles. The number of urea groups is 1. The summed E-state index contributed by atoms with van der Waals surface area (Å²) in [5, 5.41) is 6.47. The number of rotatable bonds is 4. The zero-order valence-corrected chi connectivity index (χ0v) is 14.6. The number of fused-ring (bicyclic) bond motifs is 1. The number of carbonyl (C=O) groups excluding carboxylic acids is 1. The number of aromatic nitrogens is 1. The Hall–Kier alpha value is -2.84. The van der Waals surface area contributed by atoms with Crippen LogP contribution in [0, 0.1) is 0 Å². The topological polar surface area (TPSA) is 94.3 Å². The fraction of sp³-hybridized carbons (Fsp3) is 0.118. The van der Waals surface area contributed by atoms with Gasteiger partial charge in [0.05, 0.1) is 4.90 Å². The number of sulfonamides is 1. The summed E-state index contributed by atoms with van der Waals surface area (Å²) >= 11 is 0. The highest BCUT2D eigenvalue weighted by Crippen LogP contribution is 2.19. The largest absolute Gasteiger partial charge is 0.361 e. The Bertz CT molecular complexity index is 1010. The summed E-state index contributed by atoms with van der Waals surface area (Å²) in [5.41, 5.74) is 2.08. The second-order valence-electron chi connectivity index (χ2n) is 5.67. The van der Waals surface area contributed by atoms with Crippen molar-refractivity contribution in [3.8, 4) is 0 Å². The summed E-state index contributed by atoms with van der Waals surface area (Å²) in [5.74, 6) is 0. The molecule has 0 aliphatic carbocycles. The zero-order valence-electron chi connectivity index (χ0n) is 13.8. The first-order valence-electron chi connectivity index (χ1n) is 7.54. The molecule has 2 aromatic carbocycles. The van der Waals surface area contributed by atoms with E-state index in [0.717, 1.165) is 15.2 Å². The minimum absolute atomic E-state index is 0.167. The second-order valence-corrected chi connectivity index (χ2v) is 7.82. The van der Waals surface area contributed by atoms with Crippen LogP contribution in [0.5, 0.6) is 0 Å². The molecular formula is C17H18N4O3S. The monoisotopic (exact) mass is 358 g/mol. The van der Waals surface area contributed by atoms with E-state index >= 15 is 0 Å². The molecule has 3 N–H and O–H groups in total. The molecule has 3 rings (SSSR count).